The molecule has 354 valence electrons. The van der Waals surface area contributed by atoms with Crippen molar-refractivity contribution in [3.63, 3.8) is 0 Å². The summed E-state index contributed by atoms with van der Waals surface area (Å²) >= 11 is 4.02. The Morgan fingerprint density at radius 1 is 0.652 bits per heavy atom. The summed E-state index contributed by atoms with van der Waals surface area (Å²) in [7, 11) is 4.11. The van der Waals surface area contributed by atoms with Gasteiger partial charge < -0.3 is 57.0 Å². The van der Waals surface area contributed by atoms with Crippen LogP contribution < -0.4 is 308 Å². The second kappa shape index (κ2) is 39.7. The number of thioether (sulfide) groups is 1. The van der Waals surface area contributed by atoms with Crippen molar-refractivity contribution in [1.29, 1.82) is 0 Å². The van der Waals surface area contributed by atoms with Crippen LogP contribution in [0.3, 0.4) is 0 Å². The van der Waals surface area contributed by atoms with Crippen molar-refractivity contribution >= 4 is 95.8 Å². The Morgan fingerprint density at radius 2 is 0.942 bits per heavy atom. The first kappa shape index (κ1) is 78.6. The van der Waals surface area contributed by atoms with Gasteiger partial charge >= 0.3 is 332 Å². The fourth-order valence-electron chi connectivity index (χ4n) is 9.04. The molecule has 0 spiro atoms. The number of hydrogen-bond acceptors (Lipinski definition) is 15. The average molecular weight is 1580 g/mol. The van der Waals surface area contributed by atoms with Gasteiger partial charge in [-0.05, 0) is 106 Å². The molecule has 0 aromatic rings. The van der Waals surface area contributed by atoms with Gasteiger partial charge in [-0.25, -0.2) is 5.25 Å². The van der Waals surface area contributed by atoms with Crippen LogP contribution in [0.2, 0.25) is 0 Å². The fourth-order valence-corrected chi connectivity index (χ4v) is 9.48. The van der Waals surface area contributed by atoms with Crippen molar-refractivity contribution in [2.45, 2.75) is 111 Å². The number of aliphatic hydroxyl groups is 1. The van der Waals surface area contributed by atoms with E-state index in [1.807, 2.05) is 0 Å². The number of nitroso groups, excluding NO2 is 1. The Bertz CT molecular complexity index is 1960. The Labute approximate surface area is 679 Å². The zero-order chi connectivity index (χ0) is 48.2. The first-order valence-corrected chi connectivity index (χ1v) is 29.7. The van der Waals surface area contributed by atoms with Crippen LogP contribution in [-0.2, 0) is 33.4 Å². The first-order valence-electron chi connectivity index (χ1n) is 20.2. The van der Waals surface area contributed by atoms with E-state index in [2.05, 4.69) is 39.1 Å². The molecule has 3 saturated heterocycles. The molecule has 0 aromatic carbocycles. The molecule has 3 aliphatic carbocycles. The summed E-state index contributed by atoms with van der Waals surface area (Å²) in [6.45, 7) is 7.72. The Kier molecular flexibility index (Phi) is 45.2. The van der Waals surface area contributed by atoms with Crippen molar-refractivity contribution in [2.24, 2.45) is 22.3 Å². The summed E-state index contributed by atoms with van der Waals surface area (Å²) in [5, 5.41) is 20.8. The molecule has 6 rings (SSSR count). The van der Waals surface area contributed by atoms with Crippen LogP contribution in [0.1, 0.15) is 92.4 Å². The number of rotatable bonds is 7. The van der Waals surface area contributed by atoms with E-state index in [-0.39, 0.29) is 372 Å². The molecule has 3 saturated carbocycles. The maximum Gasteiger partial charge on any atom is 1.00 e. The van der Waals surface area contributed by atoms with E-state index in [4.69, 9.17) is 15.2 Å². The minimum Gasteiger partial charge on any atom is 1.00 e. The molecule has 6 unspecified atom stereocenters. The topological polar surface area (TPSA) is 257 Å². The van der Waals surface area contributed by atoms with Crippen LogP contribution in [-0.4, -0.2) is 119 Å². The van der Waals surface area contributed by atoms with Crippen LogP contribution >= 0.6 is 42.3 Å². The number of amides is 9. The fraction of sp³-hybridized carbons (Fsp3) is 0.600. The number of aliphatic hydroxyl groups excluding tert-OH is 1. The molecule has 0 bridgehead atoms. The SMILES string of the molecule is C[N-]C(=O)N1C(=O)/C(=C(/C)O)C2CCCC21.C[N-]C(=O)N1C(=O)/C(=C(/C)OC(=O)[C-](C)SC)C2CCCC21.C[N-]C(=O)N1C(=O)/C(=C(/C)OC(=O)[C-](C)SN=O)C2CCCC21.[B][I-]I.[Rb+].[Rb+].[Rb+].[Rb+].[Rb+]. The molecule has 3 heterocycles. The molecule has 3 aliphatic heterocycles. The van der Waals surface area contributed by atoms with Crippen LogP contribution in [0.25, 0.3) is 16.0 Å². The Morgan fingerprint density at radius 3 is 1.22 bits per heavy atom. The Hall–Kier alpha value is 5.37. The molecule has 29 heteroatoms. The number of urea groups is 3. The van der Waals surface area contributed by atoms with Gasteiger partial charge in [-0.1, -0.05) is 40.4 Å². The van der Waals surface area contributed by atoms with Crippen molar-refractivity contribution in [2.75, 3.05) is 27.4 Å². The molecular formula is C40H52BI2N7O12Rb5S2-. The number of fused-ring (bicyclic) bond motifs is 3. The summed E-state index contributed by atoms with van der Waals surface area (Å²) in [6, 6.07) is -2.08. The van der Waals surface area contributed by atoms with E-state index in [1.165, 1.54) is 63.5 Å². The number of imide groups is 3. The summed E-state index contributed by atoms with van der Waals surface area (Å²) in [5.41, 5.74) is 6.13. The standard InChI is InChI=1S/C15H21N2O4S.C14H18N3O5S.C11H16N2O3.BI2.5Rb/c1-8(21-14(19)9(2)22-4)12-10-6-5-7-11(10)17(13(12)18)15(20)16-3;1-7(22-13(19)8(2)23-16-21)11-9-5-4-6-10(9)17(12(11)18)14(20)15-3;1-6(14)9-7-4-3-5-8(7)13(10(9)15)11(16)12-2;1-3-2;;;;;/h10-11H,5-7H2,1-4H3,(H,16,20);9-10H,4-6H2,1-3H3,(H,15,20);7-8H,3-5H2,1-2H3,(H2,12,14,15,16);;;;;;/q2*-1;;-1;5*+1/p-3/b12-8-;11-7-;;;;;;;. The Balaban J connectivity index is -0.000000899. The molecule has 9 amide bonds. The normalized spacial score (nSPS) is 24.2. The zero-order valence-electron chi connectivity index (χ0n) is 42.0. The number of ether oxygens (including phenoxy) is 2. The van der Waals surface area contributed by atoms with Gasteiger partial charge in [0.2, 0.25) is 0 Å². The van der Waals surface area contributed by atoms with Gasteiger partial charge in [0.1, 0.15) is 11.5 Å². The molecule has 69 heavy (non-hydrogen) atoms. The van der Waals surface area contributed by atoms with Gasteiger partial charge in [0.05, 0.1) is 5.76 Å². The first-order chi connectivity index (χ1) is 30.3. The van der Waals surface area contributed by atoms with Crippen molar-refractivity contribution in [1.82, 2.24) is 14.7 Å². The van der Waals surface area contributed by atoms with Crippen molar-refractivity contribution < 1.29 is 361 Å². The third kappa shape index (κ3) is 20.7. The van der Waals surface area contributed by atoms with E-state index >= 15 is 0 Å². The van der Waals surface area contributed by atoms with Gasteiger partial charge in [0.15, 0.2) is 47.8 Å². The molecule has 6 fully saturated rings. The summed E-state index contributed by atoms with van der Waals surface area (Å²) in [5.74, 6) is -2.09. The maximum absolute atomic E-state index is 12.6. The molecule has 2 radical (unpaired) electrons. The number of halogens is 2. The van der Waals surface area contributed by atoms with Gasteiger partial charge in [0, 0.05) is 16.7 Å². The van der Waals surface area contributed by atoms with E-state index in [1.54, 1.807) is 20.1 Å². The van der Waals surface area contributed by atoms with Crippen LogP contribution in [0.4, 0.5) is 14.4 Å². The molecular weight excluding hydrogens is 1530 g/mol. The second-order valence-electron chi connectivity index (χ2n) is 15.1. The molecule has 1 N–H and O–H groups in total. The van der Waals surface area contributed by atoms with E-state index in [0.29, 0.717) is 39.7 Å². The van der Waals surface area contributed by atoms with Gasteiger partial charge in [0.25, 0.3) is 0 Å². The number of hydrogen-bond donors (Lipinski definition) is 1. The maximum atomic E-state index is 12.6. The number of esters is 2. The van der Waals surface area contributed by atoms with E-state index in [9.17, 15) is 48.4 Å². The van der Waals surface area contributed by atoms with E-state index in [0.717, 1.165) is 62.7 Å². The molecule has 0 aromatic heterocycles. The van der Waals surface area contributed by atoms with Gasteiger partial charge in [-0.2, -0.15) is 19.1 Å². The zero-order valence-corrected chi connectivity index (χ0v) is 72.6. The number of carbonyl (C=O) groups is 8. The third-order valence-electron chi connectivity index (χ3n) is 11.8. The number of likely N-dealkylation sites (tertiary alicyclic amines) is 3. The van der Waals surface area contributed by atoms with Crippen molar-refractivity contribution in [3.05, 3.63) is 65.4 Å². The predicted octanol–water partition coefficient (Wildman–Crippen LogP) is -9.76. The molecule has 6 atom stereocenters. The number of carbonyl (C=O) groups excluding carboxylic acids is 8. The third-order valence-corrected chi connectivity index (χ3v) is 13.1. The van der Waals surface area contributed by atoms with Crippen LogP contribution in [0.15, 0.2) is 38.6 Å². The van der Waals surface area contributed by atoms with E-state index < -0.39 is 35.9 Å². The smallest absolute Gasteiger partial charge is 1.00 e. The number of nitrogens with zero attached hydrogens (tertiary/aromatic N) is 7. The molecule has 19 nitrogen and oxygen atoms in total. The van der Waals surface area contributed by atoms with Gasteiger partial charge in [-0.3, -0.25) is 38.4 Å². The minimum atomic E-state index is -0.730. The second-order valence-corrected chi connectivity index (χ2v) is 20.7. The summed E-state index contributed by atoms with van der Waals surface area (Å²) in [4.78, 5) is 110. The van der Waals surface area contributed by atoms with Crippen LogP contribution in [0, 0.1) is 33.2 Å². The largest absolute Gasteiger partial charge is 1.00 e. The van der Waals surface area contributed by atoms with Crippen LogP contribution in [0.5, 0.6) is 0 Å². The number of allylic oxidation sites excluding steroid dienone is 3. The summed E-state index contributed by atoms with van der Waals surface area (Å²) < 4.78 is 13.1. The molecule has 6 aliphatic rings. The predicted molar refractivity (Wildman–Crippen MR) is 245 cm³/mol. The monoisotopic (exact) mass is 1580 g/mol. The van der Waals surface area contributed by atoms with Gasteiger partial charge in [-0.15, -0.1) is 16.9 Å². The summed E-state index contributed by atoms with van der Waals surface area (Å²) in [6.07, 6.45) is 9.33. The average Bonchev–Trinajstić information content (AvgIpc) is 4.12. The quantitative estimate of drug-likeness (QED) is 0.0363. The van der Waals surface area contributed by atoms with Crippen molar-refractivity contribution in [3.8, 4) is 0 Å². The minimum absolute atomic E-state index is 0.